The summed E-state index contributed by atoms with van der Waals surface area (Å²) in [6.07, 6.45) is 0.491. The summed E-state index contributed by atoms with van der Waals surface area (Å²) in [6.45, 7) is 3.90. The van der Waals surface area contributed by atoms with Gasteiger partial charge >= 0.3 is 5.97 Å². The van der Waals surface area contributed by atoms with Gasteiger partial charge in [0.2, 0.25) is 0 Å². The average Bonchev–Trinajstić information content (AvgIpc) is 3.01. The Bertz CT molecular complexity index is 1030. The van der Waals surface area contributed by atoms with Crippen LogP contribution in [0, 0.1) is 13.8 Å². The van der Waals surface area contributed by atoms with Crippen LogP contribution in [0.4, 0.5) is 0 Å². The Kier molecular flexibility index (Phi) is 5.07. The van der Waals surface area contributed by atoms with Crippen LogP contribution < -0.4 is 10.1 Å². The molecule has 2 aromatic heterocycles. The van der Waals surface area contributed by atoms with Crippen molar-refractivity contribution in [3.8, 4) is 5.75 Å². The van der Waals surface area contributed by atoms with Gasteiger partial charge in [0.05, 0.1) is 29.3 Å². The van der Waals surface area contributed by atoms with E-state index in [1.165, 1.54) is 19.2 Å². The highest BCUT2D eigenvalue weighted by Gasteiger charge is 2.17. The van der Waals surface area contributed by atoms with Gasteiger partial charge in [-0.2, -0.15) is 0 Å². The van der Waals surface area contributed by atoms with Crippen LogP contribution in [-0.4, -0.2) is 40.8 Å². The number of fused-ring (bicyclic) bond motifs is 1. The molecule has 0 bridgehead atoms. The van der Waals surface area contributed by atoms with Gasteiger partial charge in [0.25, 0.3) is 11.6 Å². The van der Waals surface area contributed by atoms with Crippen molar-refractivity contribution in [3.05, 3.63) is 52.3 Å². The van der Waals surface area contributed by atoms with Crippen molar-refractivity contribution < 1.29 is 24.0 Å². The van der Waals surface area contributed by atoms with Crippen LogP contribution in [0.1, 0.15) is 37.7 Å². The Morgan fingerprint density at radius 1 is 1.26 bits per heavy atom. The lowest BCUT2D eigenvalue weighted by Gasteiger charge is -2.11. The number of rotatable bonds is 6. The molecule has 0 spiro atoms. The zero-order valence-electron chi connectivity index (χ0n) is 15.2. The highest BCUT2D eigenvalue weighted by molar-refractivity contribution is 6.06. The van der Waals surface area contributed by atoms with Crippen molar-refractivity contribution in [2.45, 2.75) is 20.3 Å². The predicted molar refractivity (Wildman–Crippen MR) is 97.3 cm³/mol. The first-order valence-corrected chi connectivity index (χ1v) is 8.32. The lowest BCUT2D eigenvalue weighted by atomic mass is 10.1. The molecule has 2 N–H and O–H groups in total. The van der Waals surface area contributed by atoms with E-state index in [2.05, 4.69) is 15.5 Å². The van der Waals surface area contributed by atoms with Crippen molar-refractivity contribution in [2.24, 2.45) is 0 Å². The number of carboxylic acid groups (broad SMARTS) is 1. The molecule has 0 aliphatic carbocycles. The van der Waals surface area contributed by atoms with Crippen molar-refractivity contribution in [1.82, 2.24) is 15.5 Å². The van der Waals surface area contributed by atoms with Crippen molar-refractivity contribution in [2.75, 3.05) is 13.7 Å². The van der Waals surface area contributed by atoms with E-state index in [4.69, 9.17) is 14.4 Å². The number of hydrogen-bond acceptors (Lipinski definition) is 6. The minimum atomic E-state index is -1.02. The summed E-state index contributed by atoms with van der Waals surface area (Å²) in [6, 6.07) is 6.37. The number of aromatic nitrogens is 2. The fraction of sp³-hybridized carbons (Fsp3) is 0.263. The fourth-order valence-corrected chi connectivity index (χ4v) is 2.89. The van der Waals surface area contributed by atoms with Crippen molar-refractivity contribution in [3.63, 3.8) is 0 Å². The summed E-state index contributed by atoms with van der Waals surface area (Å²) in [4.78, 5) is 27.9. The summed E-state index contributed by atoms with van der Waals surface area (Å²) in [5, 5.41) is 16.4. The molecule has 0 aliphatic rings. The van der Waals surface area contributed by atoms with Crippen LogP contribution in [0.25, 0.3) is 11.1 Å². The maximum absolute atomic E-state index is 12.6. The van der Waals surface area contributed by atoms with Gasteiger partial charge in [-0.15, -0.1) is 0 Å². The second-order valence-electron chi connectivity index (χ2n) is 6.10. The normalized spacial score (nSPS) is 10.8. The largest absolute Gasteiger partial charge is 0.496 e. The van der Waals surface area contributed by atoms with E-state index >= 15 is 0 Å². The van der Waals surface area contributed by atoms with Gasteiger partial charge in [-0.3, -0.25) is 4.79 Å². The molecular formula is C19H19N3O5. The van der Waals surface area contributed by atoms with Crippen LogP contribution in [0.2, 0.25) is 0 Å². The first kappa shape index (κ1) is 18.4. The molecule has 0 saturated heterocycles. The molecule has 0 saturated carbocycles. The first-order valence-electron chi connectivity index (χ1n) is 8.32. The van der Waals surface area contributed by atoms with Crippen LogP contribution in [0.5, 0.6) is 5.75 Å². The van der Waals surface area contributed by atoms with Crippen molar-refractivity contribution >= 4 is 23.0 Å². The minimum absolute atomic E-state index is 0.150. The molecule has 2 heterocycles. The smallest absolute Gasteiger partial charge is 0.335 e. The number of carboxylic acids is 1. The molecule has 27 heavy (non-hydrogen) atoms. The van der Waals surface area contributed by atoms with Gasteiger partial charge in [0.15, 0.2) is 0 Å². The third-order valence-corrected chi connectivity index (χ3v) is 4.20. The molecule has 0 unspecified atom stereocenters. The molecular weight excluding hydrogens is 350 g/mol. The van der Waals surface area contributed by atoms with E-state index in [9.17, 15) is 9.59 Å². The van der Waals surface area contributed by atoms with E-state index in [0.29, 0.717) is 46.8 Å². The quantitative estimate of drug-likeness (QED) is 0.686. The summed E-state index contributed by atoms with van der Waals surface area (Å²) in [7, 11) is 1.48. The topological polar surface area (TPSA) is 115 Å². The Morgan fingerprint density at radius 3 is 2.74 bits per heavy atom. The molecule has 8 heteroatoms. The van der Waals surface area contributed by atoms with Crippen molar-refractivity contribution in [1.29, 1.82) is 0 Å². The number of hydrogen-bond donors (Lipinski definition) is 2. The molecule has 1 amide bonds. The summed E-state index contributed by atoms with van der Waals surface area (Å²) in [5.41, 5.74) is 3.02. The van der Waals surface area contributed by atoms with Gasteiger partial charge in [0, 0.05) is 12.2 Å². The van der Waals surface area contributed by atoms with Gasteiger partial charge in [-0.1, -0.05) is 11.2 Å². The number of benzene rings is 1. The SMILES string of the molecule is COc1cc(C(=O)O)ccc1CCNC(=O)c1cc(C)nc2onc(C)c12. The number of aryl methyl sites for hydroxylation is 2. The average molecular weight is 369 g/mol. The molecule has 0 fully saturated rings. The molecule has 0 radical (unpaired) electrons. The van der Waals surface area contributed by atoms with Crippen LogP contribution in [0.3, 0.4) is 0 Å². The second-order valence-corrected chi connectivity index (χ2v) is 6.10. The third-order valence-electron chi connectivity index (χ3n) is 4.20. The number of carbonyl (C=O) groups excluding carboxylic acids is 1. The van der Waals surface area contributed by atoms with Gasteiger partial charge in [-0.05, 0) is 44.0 Å². The summed E-state index contributed by atoms with van der Waals surface area (Å²) >= 11 is 0. The van der Waals surface area contributed by atoms with Crippen LogP contribution in [0.15, 0.2) is 28.8 Å². The van der Waals surface area contributed by atoms with E-state index in [-0.39, 0.29) is 11.5 Å². The maximum Gasteiger partial charge on any atom is 0.335 e. The third kappa shape index (κ3) is 3.74. The molecule has 3 rings (SSSR count). The highest BCUT2D eigenvalue weighted by atomic mass is 16.5. The number of aromatic carboxylic acids is 1. The number of pyridine rings is 1. The van der Waals surface area contributed by atoms with E-state index < -0.39 is 5.97 Å². The maximum atomic E-state index is 12.6. The van der Waals surface area contributed by atoms with Gasteiger partial charge in [-0.25, -0.2) is 9.78 Å². The molecule has 0 atom stereocenters. The van der Waals surface area contributed by atoms with E-state index in [1.807, 2.05) is 0 Å². The Balaban J connectivity index is 1.74. The number of nitrogens with one attached hydrogen (secondary N) is 1. The highest BCUT2D eigenvalue weighted by Crippen LogP contribution is 2.23. The first-order chi connectivity index (χ1) is 12.9. The molecule has 0 aliphatic heterocycles. The minimum Gasteiger partial charge on any atom is -0.496 e. The predicted octanol–water partition coefficient (Wildman–Crippen LogP) is 2.52. The van der Waals surface area contributed by atoms with E-state index in [0.717, 1.165) is 5.56 Å². The standard InChI is InChI=1S/C19H19N3O5/c1-10-8-14(16-11(2)22-27-18(16)21-10)17(23)20-7-6-12-4-5-13(19(24)25)9-15(12)26-3/h4-5,8-9H,6-7H2,1-3H3,(H,20,23)(H,24,25). The van der Waals surface area contributed by atoms with Crippen LogP contribution >= 0.6 is 0 Å². The Labute approximate surface area is 155 Å². The van der Waals surface area contributed by atoms with Crippen LogP contribution in [-0.2, 0) is 6.42 Å². The number of carbonyl (C=O) groups is 2. The molecule has 3 aromatic rings. The second kappa shape index (κ2) is 7.45. The Morgan fingerprint density at radius 2 is 2.04 bits per heavy atom. The molecule has 140 valence electrons. The fourth-order valence-electron chi connectivity index (χ4n) is 2.89. The monoisotopic (exact) mass is 369 g/mol. The number of amides is 1. The summed E-state index contributed by atoms with van der Waals surface area (Å²) in [5.74, 6) is -0.798. The summed E-state index contributed by atoms with van der Waals surface area (Å²) < 4.78 is 10.4. The lowest BCUT2D eigenvalue weighted by molar-refractivity contribution is 0.0696. The molecule has 8 nitrogen and oxygen atoms in total. The zero-order chi connectivity index (χ0) is 19.6. The van der Waals surface area contributed by atoms with Gasteiger partial charge < -0.3 is 19.7 Å². The number of nitrogens with zero attached hydrogens (tertiary/aromatic N) is 2. The number of ether oxygens (including phenoxy) is 1. The zero-order valence-corrected chi connectivity index (χ0v) is 15.2. The van der Waals surface area contributed by atoms with E-state index in [1.54, 1.807) is 26.0 Å². The lowest BCUT2D eigenvalue weighted by Crippen LogP contribution is -2.26. The Hall–Kier alpha value is -3.42. The molecule has 1 aromatic carbocycles. The number of methoxy groups -OCH3 is 1. The van der Waals surface area contributed by atoms with Gasteiger partial charge in [0.1, 0.15) is 5.75 Å².